The summed E-state index contributed by atoms with van der Waals surface area (Å²) in [4.78, 5) is 15.1. The highest BCUT2D eigenvalue weighted by atomic mass is 16.1. The number of Topliss-reactive ketones (excluding diaryl/α,β-unsaturated/α-hetero) is 1. The average Bonchev–Trinajstić information content (AvgIpc) is 2.32. The van der Waals surface area contributed by atoms with Crippen molar-refractivity contribution in [3.8, 4) is 12.1 Å². The summed E-state index contributed by atoms with van der Waals surface area (Å²) in [5.41, 5.74) is 1.73. The molecule has 0 spiro atoms. The molecule has 0 amide bonds. The number of aliphatic imine (C=N–C) groups is 1. The van der Waals surface area contributed by atoms with Crippen molar-refractivity contribution in [2.75, 3.05) is 6.54 Å². The van der Waals surface area contributed by atoms with Crippen LogP contribution in [0.4, 0.5) is 0 Å². The van der Waals surface area contributed by atoms with Crippen LogP contribution in [-0.2, 0) is 0 Å². The zero-order chi connectivity index (χ0) is 11.8. The first-order chi connectivity index (χ1) is 7.79. The fourth-order valence-electron chi connectivity index (χ4n) is 1.21. The van der Waals surface area contributed by atoms with Crippen LogP contribution in [0.5, 0.6) is 0 Å². The van der Waals surface area contributed by atoms with Crippen molar-refractivity contribution in [3.05, 3.63) is 35.4 Å². The maximum absolute atomic E-state index is 11.2. The predicted molar refractivity (Wildman–Crippen MR) is 59.1 cm³/mol. The molecule has 0 N–H and O–H groups in total. The lowest BCUT2D eigenvalue weighted by Crippen LogP contribution is -2.11. The molecule has 1 aromatic rings. The van der Waals surface area contributed by atoms with E-state index < -0.39 is 0 Å². The molecule has 0 bridgehead atoms. The Bertz CT molecular complexity index is 480. The molecule has 0 radical (unpaired) electrons. The van der Waals surface area contributed by atoms with Crippen molar-refractivity contribution >= 4 is 12.0 Å². The Hall–Kier alpha value is -2.46. The summed E-state index contributed by atoms with van der Waals surface area (Å²) in [5, 5.41) is 15.2. The summed E-state index contributed by atoms with van der Waals surface area (Å²) in [6, 6.07) is 10.8. The molecule has 0 unspecified atom stereocenters. The Balaban J connectivity index is 0.000000221. The van der Waals surface area contributed by atoms with Gasteiger partial charge in [-0.15, -0.1) is 0 Å². The van der Waals surface area contributed by atoms with Crippen LogP contribution in [0.1, 0.15) is 22.3 Å². The van der Waals surface area contributed by atoms with Crippen LogP contribution < -0.4 is 0 Å². The van der Waals surface area contributed by atoms with Gasteiger partial charge in [0.15, 0.2) is 5.78 Å². The molecule has 0 saturated carbocycles. The third-order valence-electron chi connectivity index (χ3n) is 1.88. The van der Waals surface area contributed by atoms with Crippen LogP contribution in [0.25, 0.3) is 0 Å². The smallest absolute Gasteiger partial charge is 0.184 e. The highest BCUT2D eigenvalue weighted by Gasteiger charge is 2.11. The van der Waals surface area contributed by atoms with E-state index in [-0.39, 0.29) is 12.2 Å². The first-order valence-electron chi connectivity index (χ1n) is 4.65. The lowest BCUT2D eigenvalue weighted by atomic mass is 10.0. The Kier molecular flexibility index (Phi) is 4.43. The normalized spacial score (nSPS) is 11.5. The third kappa shape index (κ3) is 3.04. The van der Waals surface area contributed by atoms with Crippen molar-refractivity contribution in [2.45, 2.75) is 6.42 Å². The summed E-state index contributed by atoms with van der Waals surface area (Å²) in [6.45, 7) is 0.303. The number of nitrogens with zero attached hydrogens (tertiary/aromatic N) is 3. The minimum atomic E-state index is 0. The zero-order valence-electron chi connectivity index (χ0n) is 8.55. The second-order valence-electron chi connectivity index (χ2n) is 2.97. The van der Waals surface area contributed by atoms with Crippen LogP contribution >= 0.6 is 0 Å². The van der Waals surface area contributed by atoms with Gasteiger partial charge in [-0.05, 0) is 0 Å². The van der Waals surface area contributed by atoms with E-state index in [1.54, 1.807) is 18.4 Å². The van der Waals surface area contributed by atoms with Gasteiger partial charge in [-0.25, -0.2) is 0 Å². The van der Waals surface area contributed by atoms with Gasteiger partial charge < -0.3 is 0 Å². The SMILES string of the molecule is N#CCC#N.O=C1CN=Cc2ccccc21. The van der Waals surface area contributed by atoms with Gasteiger partial charge in [0.2, 0.25) is 0 Å². The Morgan fingerprint density at radius 1 is 1.25 bits per heavy atom. The van der Waals surface area contributed by atoms with Gasteiger partial charge in [-0.1, -0.05) is 24.3 Å². The Morgan fingerprint density at radius 2 is 1.94 bits per heavy atom. The summed E-state index contributed by atoms with van der Waals surface area (Å²) in [7, 11) is 0. The van der Waals surface area contributed by atoms with Gasteiger partial charge in [0.1, 0.15) is 13.0 Å². The van der Waals surface area contributed by atoms with Crippen LogP contribution in [0.3, 0.4) is 0 Å². The van der Waals surface area contributed by atoms with E-state index in [1.807, 2.05) is 24.3 Å². The van der Waals surface area contributed by atoms with E-state index in [1.165, 1.54) is 0 Å². The van der Waals surface area contributed by atoms with Gasteiger partial charge in [-0.3, -0.25) is 9.79 Å². The molecule has 0 fully saturated rings. The first-order valence-corrected chi connectivity index (χ1v) is 4.65. The maximum atomic E-state index is 11.2. The Labute approximate surface area is 93.5 Å². The highest BCUT2D eigenvalue weighted by molar-refractivity contribution is 6.07. The molecular formula is C12H9N3O. The van der Waals surface area contributed by atoms with Crippen LogP contribution in [0, 0.1) is 22.7 Å². The Morgan fingerprint density at radius 3 is 2.50 bits per heavy atom. The monoisotopic (exact) mass is 211 g/mol. The molecule has 1 aliphatic rings. The number of rotatable bonds is 0. The number of nitriles is 2. The molecule has 0 aliphatic carbocycles. The molecule has 2 rings (SSSR count). The number of benzene rings is 1. The molecular weight excluding hydrogens is 202 g/mol. The lowest BCUT2D eigenvalue weighted by molar-refractivity contribution is 0.100. The van der Waals surface area contributed by atoms with E-state index in [9.17, 15) is 4.79 Å². The quantitative estimate of drug-likeness (QED) is 0.655. The number of fused-ring (bicyclic) bond motifs is 1. The summed E-state index contributed by atoms with van der Waals surface area (Å²) in [5.74, 6) is 0.114. The first kappa shape index (κ1) is 11.6. The largest absolute Gasteiger partial charge is 0.292 e. The summed E-state index contributed by atoms with van der Waals surface area (Å²) in [6.07, 6.45) is 1.75. The summed E-state index contributed by atoms with van der Waals surface area (Å²) >= 11 is 0. The molecule has 4 heteroatoms. The molecule has 78 valence electrons. The topological polar surface area (TPSA) is 77.0 Å². The maximum Gasteiger partial charge on any atom is 0.184 e. The lowest BCUT2D eigenvalue weighted by Gasteiger charge is -2.06. The van der Waals surface area contributed by atoms with Crippen LogP contribution in [0.15, 0.2) is 29.3 Å². The van der Waals surface area contributed by atoms with Crippen molar-refractivity contribution in [1.29, 1.82) is 10.5 Å². The van der Waals surface area contributed by atoms with Crippen molar-refractivity contribution in [3.63, 3.8) is 0 Å². The van der Waals surface area contributed by atoms with Crippen LogP contribution in [0.2, 0.25) is 0 Å². The zero-order valence-corrected chi connectivity index (χ0v) is 8.55. The van der Waals surface area contributed by atoms with E-state index in [0.717, 1.165) is 11.1 Å². The predicted octanol–water partition coefficient (Wildman–Crippen LogP) is 1.73. The van der Waals surface area contributed by atoms with E-state index in [2.05, 4.69) is 4.99 Å². The van der Waals surface area contributed by atoms with E-state index >= 15 is 0 Å². The minimum Gasteiger partial charge on any atom is -0.292 e. The number of carbonyl (C=O) groups excluding carboxylic acids is 1. The minimum absolute atomic E-state index is 0. The number of carbonyl (C=O) groups is 1. The average molecular weight is 211 g/mol. The third-order valence-corrected chi connectivity index (χ3v) is 1.88. The molecule has 1 aliphatic heterocycles. The van der Waals surface area contributed by atoms with E-state index in [4.69, 9.17) is 10.5 Å². The second kappa shape index (κ2) is 6.10. The van der Waals surface area contributed by atoms with Gasteiger partial charge in [-0.2, -0.15) is 10.5 Å². The van der Waals surface area contributed by atoms with Gasteiger partial charge >= 0.3 is 0 Å². The molecule has 1 aromatic carbocycles. The van der Waals surface area contributed by atoms with Crippen molar-refractivity contribution < 1.29 is 4.79 Å². The number of ketones is 1. The molecule has 1 heterocycles. The van der Waals surface area contributed by atoms with Gasteiger partial charge in [0.05, 0.1) is 12.1 Å². The fourth-order valence-corrected chi connectivity index (χ4v) is 1.21. The van der Waals surface area contributed by atoms with Gasteiger partial charge in [0.25, 0.3) is 0 Å². The van der Waals surface area contributed by atoms with Gasteiger partial charge in [0, 0.05) is 17.3 Å². The second-order valence-corrected chi connectivity index (χ2v) is 2.97. The van der Waals surface area contributed by atoms with E-state index in [0.29, 0.717) is 6.54 Å². The molecule has 0 atom stereocenters. The number of hydrogen-bond acceptors (Lipinski definition) is 4. The molecule has 0 saturated heterocycles. The fraction of sp³-hybridized carbons (Fsp3) is 0.167. The van der Waals surface area contributed by atoms with Crippen LogP contribution in [-0.4, -0.2) is 18.5 Å². The summed E-state index contributed by atoms with van der Waals surface area (Å²) < 4.78 is 0. The van der Waals surface area contributed by atoms with Crippen molar-refractivity contribution in [2.24, 2.45) is 4.99 Å². The number of hydrogen-bond donors (Lipinski definition) is 0. The standard InChI is InChI=1S/C9H7NO.C3H2N2/c11-9-6-10-5-7-3-1-2-4-8(7)9;4-2-1-3-5/h1-5H,6H2;1H2. The van der Waals surface area contributed by atoms with Crippen molar-refractivity contribution in [1.82, 2.24) is 0 Å². The molecule has 16 heavy (non-hydrogen) atoms. The highest BCUT2D eigenvalue weighted by Crippen LogP contribution is 2.10. The molecule has 0 aromatic heterocycles. The molecule has 4 nitrogen and oxygen atoms in total.